The highest BCUT2D eigenvalue weighted by Gasteiger charge is 2.07. The van der Waals surface area contributed by atoms with Gasteiger partial charge in [-0.05, 0) is 13.5 Å². The van der Waals surface area contributed by atoms with Crippen molar-refractivity contribution in [1.82, 2.24) is 14.9 Å². The Hall–Kier alpha value is -1.21. The first-order chi connectivity index (χ1) is 8.90. The molecule has 0 spiro atoms. The van der Waals surface area contributed by atoms with Crippen molar-refractivity contribution in [3.05, 3.63) is 18.1 Å². The summed E-state index contributed by atoms with van der Waals surface area (Å²) in [6.45, 7) is 4.06. The maximum absolute atomic E-state index is 11.1. The highest BCUT2D eigenvalue weighted by atomic mass is 32.2. The van der Waals surface area contributed by atoms with Crippen molar-refractivity contribution in [2.24, 2.45) is 0 Å². The summed E-state index contributed by atoms with van der Waals surface area (Å²) >= 11 is 0. The smallest absolute Gasteiger partial charge is 0.148 e. The number of hydrogen-bond acceptors (Lipinski definition) is 6. The highest BCUT2D eigenvalue weighted by molar-refractivity contribution is 7.90. The summed E-state index contributed by atoms with van der Waals surface area (Å²) in [4.78, 5) is 10.5. The third-order valence-corrected chi connectivity index (χ3v) is 3.46. The molecule has 0 unspecified atom stereocenters. The van der Waals surface area contributed by atoms with Gasteiger partial charge in [-0.1, -0.05) is 6.92 Å². The summed E-state index contributed by atoms with van der Waals surface area (Å²) in [5.41, 5.74) is 0.832. The van der Waals surface area contributed by atoms with Crippen LogP contribution in [0.3, 0.4) is 0 Å². The standard InChI is InChI=1S/C12H22N4O2S/c1-4-5-13-12-9-14-11(8-15-12)10-16(2)6-7-19(3,17)18/h8-9H,4-7,10H2,1-3H3,(H,13,15). The predicted octanol–water partition coefficient (Wildman–Crippen LogP) is 0.775. The first-order valence-corrected chi connectivity index (χ1v) is 8.38. The van der Waals surface area contributed by atoms with Gasteiger partial charge in [-0.3, -0.25) is 9.88 Å². The molecule has 0 radical (unpaired) electrons. The maximum Gasteiger partial charge on any atom is 0.148 e. The van der Waals surface area contributed by atoms with Crippen LogP contribution in [0, 0.1) is 0 Å². The largest absolute Gasteiger partial charge is 0.369 e. The average Bonchev–Trinajstić information content (AvgIpc) is 2.35. The molecular weight excluding hydrogens is 264 g/mol. The molecule has 0 aliphatic carbocycles. The van der Waals surface area contributed by atoms with E-state index < -0.39 is 9.84 Å². The summed E-state index contributed by atoms with van der Waals surface area (Å²) in [5.74, 6) is 0.928. The summed E-state index contributed by atoms with van der Waals surface area (Å²) in [7, 11) is -1.05. The van der Waals surface area contributed by atoms with Crippen LogP contribution >= 0.6 is 0 Å². The molecule has 1 N–H and O–H groups in total. The molecule has 1 aromatic heterocycles. The van der Waals surface area contributed by atoms with E-state index in [2.05, 4.69) is 22.2 Å². The van der Waals surface area contributed by atoms with E-state index >= 15 is 0 Å². The van der Waals surface area contributed by atoms with Gasteiger partial charge >= 0.3 is 0 Å². The number of anilines is 1. The normalized spacial score (nSPS) is 11.8. The van der Waals surface area contributed by atoms with Gasteiger partial charge < -0.3 is 5.32 Å². The lowest BCUT2D eigenvalue weighted by molar-refractivity contribution is 0.341. The molecule has 0 atom stereocenters. The van der Waals surface area contributed by atoms with Crippen LogP contribution in [0.4, 0.5) is 5.82 Å². The zero-order valence-corrected chi connectivity index (χ0v) is 12.6. The average molecular weight is 286 g/mol. The molecule has 6 nitrogen and oxygen atoms in total. The van der Waals surface area contributed by atoms with Crippen molar-refractivity contribution in [2.75, 3.05) is 37.5 Å². The van der Waals surface area contributed by atoms with Crippen LogP contribution in [-0.2, 0) is 16.4 Å². The Balaban J connectivity index is 2.44. The molecule has 0 aliphatic heterocycles. The van der Waals surface area contributed by atoms with E-state index in [1.807, 2.05) is 11.9 Å². The second-order valence-electron chi connectivity index (χ2n) is 4.69. The number of hydrogen-bond donors (Lipinski definition) is 1. The fourth-order valence-electron chi connectivity index (χ4n) is 1.46. The molecule has 1 rings (SSSR count). The molecule has 1 heterocycles. The minimum atomic E-state index is -2.92. The van der Waals surface area contributed by atoms with E-state index in [9.17, 15) is 8.42 Å². The molecular formula is C12H22N4O2S. The molecule has 0 aromatic carbocycles. The number of nitrogens with zero attached hydrogens (tertiary/aromatic N) is 3. The van der Waals surface area contributed by atoms with Crippen LogP contribution in [0.1, 0.15) is 19.0 Å². The lowest BCUT2D eigenvalue weighted by Crippen LogP contribution is -2.25. The van der Waals surface area contributed by atoms with Gasteiger partial charge in [0.05, 0.1) is 23.8 Å². The Morgan fingerprint density at radius 3 is 2.58 bits per heavy atom. The molecule has 0 fully saturated rings. The Labute approximate surface area is 115 Å². The van der Waals surface area contributed by atoms with E-state index in [1.54, 1.807) is 12.4 Å². The van der Waals surface area contributed by atoms with Crippen molar-refractivity contribution in [1.29, 1.82) is 0 Å². The number of nitrogens with one attached hydrogen (secondary N) is 1. The Morgan fingerprint density at radius 1 is 1.32 bits per heavy atom. The second kappa shape index (κ2) is 7.40. The van der Waals surface area contributed by atoms with E-state index in [-0.39, 0.29) is 5.75 Å². The Kier molecular flexibility index (Phi) is 6.17. The van der Waals surface area contributed by atoms with Crippen molar-refractivity contribution in [3.63, 3.8) is 0 Å². The van der Waals surface area contributed by atoms with E-state index in [4.69, 9.17) is 0 Å². The molecule has 0 saturated heterocycles. The molecule has 108 valence electrons. The summed E-state index contributed by atoms with van der Waals surface area (Å²) in [6, 6.07) is 0. The number of aromatic nitrogens is 2. The lowest BCUT2D eigenvalue weighted by atomic mass is 10.4. The molecule has 0 bridgehead atoms. The van der Waals surface area contributed by atoms with E-state index in [0.717, 1.165) is 24.5 Å². The van der Waals surface area contributed by atoms with Gasteiger partial charge in [0.1, 0.15) is 15.7 Å². The molecule has 19 heavy (non-hydrogen) atoms. The summed E-state index contributed by atoms with van der Waals surface area (Å²) in [5, 5.41) is 3.15. The Bertz CT molecular complexity index is 473. The first kappa shape index (κ1) is 15.8. The number of sulfone groups is 1. The third kappa shape index (κ3) is 7.07. The fraction of sp³-hybridized carbons (Fsp3) is 0.667. The zero-order chi connectivity index (χ0) is 14.3. The van der Waals surface area contributed by atoms with Crippen LogP contribution in [0.15, 0.2) is 12.4 Å². The fourth-order valence-corrected chi connectivity index (χ4v) is 2.10. The molecule has 0 amide bonds. The molecule has 0 aliphatic rings. The van der Waals surface area contributed by atoms with Crippen LogP contribution < -0.4 is 5.32 Å². The molecule has 1 aromatic rings. The van der Waals surface area contributed by atoms with Gasteiger partial charge in [0.2, 0.25) is 0 Å². The van der Waals surface area contributed by atoms with E-state index in [0.29, 0.717) is 13.1 Å². The van der Waals surface area contributed by atoms with Crippen LogP contribution in [0.25, 0.3) is 0 Å². The summed E-state index contributed by atoms with van der Waals surface area (Å²) in [6.07, 6.45) is 5.71. The van der Waals surface area contributed by atoms with Gasteiger partial charge in [-0.25, -0.2) is 13.4 Å². The van der Waals surface area contributed by atoms with E-state index in [1.165, 1.54) is 6.26 Å². The SMILES string of the molecule is CCCNc1cnc(CN(C)CCS(C)(=O)=O)cn1. The van der Waals surface area contributed by atoms with Crippen molar-refractivity contribution >= 4 is 15.7 Å². The maximum atomic E-state index is 11.1. The molecule has 0 saturated carbocycles. The summed E-state index contributed by atoms with van der Waals surface area (Å²) < 4.78 is 22.1. The first-order valence-electron chi connectivity index (χ1n) is 6.32. The quantitative estimate of drug-likeness (QED) is 0.761. The predicted molar refractivity (Wildman–Crippen MR) is 76.9 cm³/mol. The van der Waals surface area contributed by atoms with Crippen molar-refractivity contribution < 1.29 is 8.42 Å². The van der Waals surface area contributed by atoms with Gasteiger partial charge in [0.15, 0.2) is 0 Å². The van der Waals surface area contributed by atoms with Crippen molar-refractivity contribution in [2.45, 2.75) is 19.9 Å². The van der Waals surface area contributed by atoms with Gasteiger partial charge in [0.25, 0.3) is 0 Å². The third-order valence-electron chi connectivity index (χ3n) is 2.54. The zero-order valence-electron chi connectivity index (χ0n) is 11.8. The highest BCUT2D eigenvalue weighted by Crippen LogP contribution is 2.03. The second-order valence-corrected chi connectivity index (χ2v) is 6.95. The number of rotatable bonds is 8. The molecule has 7 heteroatoms. The van der Waals surface area contributed by atoms with Crippen LogP contribution in [0.5, 0.6) is 0 Å². The van der Waals surface area contributed by atoms with Gasteiger partial charge in [0, 0.05) is 25.9 Å². The monoisotopic (exact) mass is 286 g/mol. The lowest BCUT2D eigenvalue weighted by Gasteiger charge is -2.15. The van der Waals surface area contributed by atoms with Crippen LogP contribution in [-0.4, -0.2) is 55.4 Å². The van der Waals surface area contributed by atoms with Crippen molar-refractivity contribution in [3.8, 4) is 0 Å². The topological polar surface area (TPSA) is 75.2 Å². The minimum Gasteiger partial charge on any atom is -0.369 e. The minimum absolute atomic E-state index is 0.160. The Morgan fingerprint density at radius 2 is 2.05 bits per heavy atom. The van der Waals surface area contributed by atoms with Gasteiger partial charge in [-0.15, -0.1) is 0 Å². The van der Waals surface area contributed by atoms with Gasteiger partial charge in [-0.2, -0.15) is 0 Å². The van der Waals surface area contributed by atoms with Crippen LogP contribution in [0.2, 0.25) is 0 Å².